The third-order valence-electron chi connectivity index (χ3n) is 3.80. The molecule has 0 aliphatic rings. The second-order valence-electron chi connectivity index (χ2n) is 5.85. The topological polar surface area (TPSA) is 55.4 Å². The van der Waals surface area contributed by atoms with E-state index in [1.165, 1.54) is 19.2 Å². The van der Waals surface area contributed by atoms with E-state index in [1.54, 1.807) is 6.07 Å². The first-order valence-corrected chi connectivity index (χ1v) is 8.76. The largest absolute Gasteiger partial charge is 0.467 e. The molecule has 1 N–H and O–H groups in total. The van der Waals surface area contributed by atoms with E-state index in [9.17, 15) is 22.8 Å². The van der Waals surface area contributed by atoms with Crippen molar-refractivity contribution in [3.63, 3.8) is 0 Å². The first-order valence-electron chi connectivity index (χ1n) is 7.97. The molecule has 0 aliphatic heterocycles. The van der Waals surface area contributed by atoms with E-state index < -0.39 is 29.7 Å². The third-order valence-corrected chi connectivity index (χ3v) is 4.29. The van der Waals surface area contributed by atoms with Crippen LogP contribution in [0.25, 0.3) is 0 Å². The smallest absolute Gasteiger partial charge is 0.416 e. The number of methoxy groups -OCH3 is 1. The van der Waals surface area contributed by atoms with Crippen LogP contribution in [0.3, 0.4) is 0 Å². The van der Waals surface area contributed by atoms with Crippen molar-refractivity contribution in [1.29, 1.82) is 0 Å². The second-order valence-corrected chi connectivity index (χ2v) is 6.76. The number of carbonyl (C=O) groups is 2. The molecular weight excluding hydrogens is 427 g/mol. The number of carbonyl (C=O) groups excluding carboxylic acids is 2. The van der Waals surface area contributed by atoms with Gasteiger partial charge in [0.15, 0.2) is 0 Å². The maximum absolute atomic E-state index is 12.6. The van der Waals surface area contributed by atoms with Gasteiger partial charge < -0.3 is 10.1 Å². The Balaban J connectivity index is 2.04. The second kappa shape index (κ2) is 9.03. The molecule has 0 heterocycles. The quantitative estimate of drug-likeness (QED) is 0.688. The summed E-state index contributed by atoms with van der Waals surface area (Å²) in [7, 11) is 1.22. The number of esters is 1. The summed E-state index contributed by atoms with van der Waals surface area (Å²) < 4.78 is 43.3. The predicted octanol–water partition coefficient (Wildman–Crippen LogP) is 3.91. The molecule has 2 rings (SSSR count). The van der Waals surface area contributed by atoms with Gasteiger partial charge >= 0.3 is 12.1 Å². The third kappa shape index (κ3) is 6.39. The van der Waals surface area contributed by atoms with Crippen LogP contribution in [0.1, 0.15) is 16.7 Å². The van der Waals surface area contributed by atoms with Gasteiger partial charge in [-0.15, -0.1) is 0 Å². The molecular formula is C19H17BrF3NO3. The highest BCUT2D eigenvalue weighted by Crippen LogP contribution is 2.29. The maximum atomic E-state index is 12.6. The van der Waals surface area contributed by atoms with Crippen LogP contribution < -0.4 is 5.32 Å². The van der Waals surface area contributed by atoms with Gasteiger partial charge in [-0.25, -0.2) is 4.79 Å². The number of hydrogen-bond donors (Lipinski definition) is 1. The standard InChI is InChI=1S/C19H17BrF3NO3/c1-27-18(26)16(10-13-3-2-4-15(20)9-13)24-17(25)11-12-5-7-14(8-6-12)19(21,22)23/h2-9,16H,10-11H2,1H3,(H,24,25)/t16-/m1/s1. The summed E-state index contributed by atoms with van der Waals surface area (Å²) in [5.74, 6) is -1.09. The zero-order valence-corrected chi connectivity index (χ0v) is 15.9. The number of rotatable bonds is 6. The SMILES string of the molecule is COC(=O)[C@@H](Cc1cccc(Br)c1)NC(=O)Cc1ccc(C(F)(F)F)cc1. The molecule has 0 aliphatic carbocycles. The van der Waals surface area contributed by atoms with E-state index in [2.05, 4.69) is 21.2 Å². The molecule has 27 heavy (non-hydrogen) atoms. The molecule has 0 fully saturated rings. The van der Waals surface area contributed by atoms with Crippen LogP contribution in [0.5, 0.6) is 0 Å². The Labute approximate surface area is 162 Å². The Morgan fingerprint density at radius 2 is 1.78 bits per heavy atom. The number of nitrogens with one attached hydrogen (secondary N) is 1. The first-order chi connectivity index (χ1) is 12.7. The minimum Gasteiger partial charge on any atom is -0.467 e. The van der Waals surface area contributed by atoms with E-state index in [-0.39, 0.29) is 12.8 Å². The van der Waals surface area contributed by atoms with E-state index in [0.29, 0.717) is 5.56 Å². The first kappa shape index (κ1) is 21.0. The average molecular weight is 444 g/mol. The molecule has 144 valence electrons. The van der Waals surface area contributed by atoms with Crippen LogP contribution in [0, 0.1) is 0 Å². The Kier molecular flexibility index (Phi) is 7.01. The van der Waals surface area contributed by atoms with Crippen molar-refractivity contribution in [3.05, 3.63) is 69.7 Å². The molecule has 2 aromatic carbocycles. The zero-order valence-electron chi connectivity index (χ0n) is 14.3. The summed E-state index contributed by atoms with van der Waals surface area (Å²) in [6, 6.07) is 10.7. The van der Waals surface area contributed by atoms with E-state index >= 15 is 0 Å². The molecule has 0 saturated carbocycles. The fourth-order valence-corrected chi connectivity index (χ4v) is 2.92. The lowest BCUT2D eigenvalue weighted by Crippen LogP contribution is -2.43. The number of alkyl halides is 3. The van der Waals surface area contributed by atoms with Crippen LogP contribution in [0.15, 0.2) is 53.0 Å². The maximum Gasteiger partial charge on any atom is 0.416 e. The van der Waals surface area contributed by atoms with Gasteiger partial charge in [-0.2, -0.15) is 13.2 Å². The summed E-state index contributed by atoms with van der Waals surface area (Å²) in [4.78, 5) is 24.2. The molecule has 8 heteroatoms. The summed E-state index contributed by atoms with van der Waals surface area (Å²) >= 11 is 3.34. The summed E-state index contributed by atoms with van der Waals surface area (Å²) in [6.45, 7) is 0. The van der Waals surface area contributed by atoms with Crippen molar-refractivity contribution in [2.45, 2.75) is 25.1 Å². The summed E-state index contributed by atoms with van der Waals surface area (Å²) in [6.07, 6.45) is -4.35. The van der Waals surface area contributed by atoms with E-state index in [1.807, 2.05) is 18.2 Å². The van der Waals surface area contributed by atoms with Gasteiger partial charge in [0, 0.05) is 10.9 Å². The Hall–Kier alpha value is -2.35. The van der Waals surface area contributed by atoms with Gasteiger partial charge in [0.1, 0.15) is 6.04 Å². The molecule has 0 unspecified atom stereocenters. The van der Waals surface area contributed by atoms with Gasteiger partial charge in [-0.3, -0.25) is 4.79 Å². The minimum atomic E-state index is -4.43. The molecule has 0 spiro atoms. The number of ether oxygens (including phenoxy) is 1. The van der Waals surface area contributed by atoms with E-state index in [0.717, 1.165) is 22.2 Å². The van der Waals surface area contributed by atoms with Crippen LogP contribution in [-0.4, -0.2) is 25.0 Å². The molecule has 1 atom stereocenters. The lowest BCUT2D eigenvalue weighted by Gasteiger charge is -2.17. The number of halogens is 4. The van der Waals surface area contributed by atoms with Crippen LogP contribution >= 0.6 is 15.9 Å². The van der Waals surface area contributed by atoms with E-state index in [4.69, 9.17) is 4.74 Å². The molecule has 1 amide bonds. The van der Waals surface area contributed by atoms with Crippen molar-refractivity contribution in [2.24, 2.45) is 0 Å². The molecule has 4 nitrogen and oxygen atoms in total. The number of amides is 1. The lowest BCUT2D eigenvalue weighted by atomic mass is 10.0. The molecule has 0 radical (unpaired) electrons. The van der Waals surface area contributed by atoms with Gasteiger partial charge in [0.25, 0.3) is 0 Å². The highest BCUT2D eigenvalue weighted by Gasteiger charge is 2.30. The van der Waals surface area contributed by atoms with Gasteiger partial charge in [0.05, 0.1) is 19.1 Å². The fraction of sp³-hybridized carbons (Fsp3) is 0.263. The normalized spacial score (nSPS) is 12.3. The monoisotopic (exact) mass is 443 g/mol. The lowest BCUT2D eigenvalue weighted by molar-refractivity contribution is -0.145. The summed E-state index contributed by atoms with van der Waals surface area (Å²) in [5, 5.41) is 2.58. The highest BCUT2D eigenvalue weighted by molar-refractivity contribution is 9.10. The van der Waals surface area contributed by atoms with Crippen LogP contribution in [-0.2, 0) is 33.3 Å². The van der Waals surface area contributed by atoms with Gasteiger partial charge in [-0.05, 0) is 35.4 Å². The Morgan fingerprint density at radius 3 is 2.33 bits per heavy atom. The average Bonchev–Trinajstić information content (AvgIpc) is 2.60. The molecule has 0 bridgehead atoms. The van der Waals surface area contributed by atoms with Crippen molar-refractivity contribution in [1.82, 2.24) is 5.32 Å². The highest BCUT2D eigenvalue weighted by atomic mass is 79.9. The predicted molar refractivity (Wildman–Crippen MR) is 96.9 cm³/mol. The number of hydrogen-bond acceptors (Lipinski definition) is 3. The van der Waals surface area contributed by atoms with Crippen molar-refractivity contribution in [2.75, 3.05) is 7.11 Å². The molecule has 0 saturated heterocycles. The van der Waals surface area contributed by atoms with Crippen molar-refractivity contribution < 1.29 is 27.5 Å². The van der Waals surface area contributed by atoms with Crippen LogP contribution in [0.2, 0.25) is 0 Å². The Morgan fingerprint density at radius 1 is 1.11 bits per heavy atom. The molecule has 0 aromatic heterocycles. The fourth-order valence-electron chi connectivity index (χ4n) is 2.48. The van der Waals surface area contributed by atoms with Gasteiger partial charge in [0.2, 0.25) is 5.91 Å². The Bertz CT molecular complexity index is 807. The van der Waals surface area contributed by atoms with Crippen LogP contribution in [0.4, 0.5) is 13.2 Å². The van der Waals surface area contributed by atoms with Gasteiger partial charge in [-0.1, -0.05) is 40.2 Å². The molecule has 2 aromatic rings. The zero-order chi connectivity index (χ0) is 20.0. The van der Waals surface area contributed by atoms with Crippen molar-refractivity contribution >= 4 is 27.8 Å². The van der Waals surface area contributed by atoms with Crippen molar-refractivity contribution in [3.8, 4) is 0 Å². The summed E-state index contributed by atoms with van der Waals surface area (Å²) in [5.41, 5.74) is 0.440. The number of benzene rings is 2. The minimum absolute atomic E-state index is 0.149.